The first kappa shape index (κ1) is 20.0. The molecule has 0 aliphatic rings. The number of thiazole rings is 1. The average Bonchev–Trinajstić information content (AvgIpc) is 3.10. The SMILES string of the molecule is COc1ccc(C(=O)NC(C)c2nc(C(C)(C)C)cs2)c(OC)c1OC. The van der Waals surface area contributed by atoms with Crippen molar-refractivity contribution in [3.8, 4) is 17.2 Å². The minimum atomic E-state index is -0.261. The number of amides is 1. The quantitative estimate of drug-likeness (QED) is 0.824. The van der Waals surface area contributed by atoms with Gasteiger partial charge in [0.2, 0.25) is 5.75 Å². The number of nitrogens with zero attached hydrogens (tertiary/aromatic N) is 1. The second-order valence-corrected chi connectivity index (χ2v) is 7.79. The first-order chi connectivity index (χ1) is 12.2. The van der Waals surface area contributed by atoms with Crippen LogP contribution in [0.25, 0.3) is 0 Å². The maximum absolute atomic E-state index is 12.8. The van der Waals surface area contributed by atoms with Gasteiger partial charge in [0.25, 0.3) is 5.91 Å². The summed E-state index contributed by atoms with van der Waals surface area (Å²) >= 11 is 1.54. The molecule has 1 unspecified atom stereocenters. The van der Waals surface area contributed by atoms with Crippen molar-refractivity contribution in [3.05, 3.63) is 33.8 Å². The largest absolute Gasteiger partial charge is 0.493 e. The van der Waals surface area contributed by atoms with E-state index in [4.69, 9.17) is 14.2 Å². The number of hydrogen-bond donors (Lipinski definition) is 1. The van der Waals surface area contributed by atoms with Crippen LogP contribution in [0.2, 0.25) is 0 Å². The van der Waals surface area contributed by atoms with Crippen molar-refractivity contribution in [2.24, 2.45) is 0 Å². The van der Waals surface area contributed by atoms with Gasteiger partial charge in [0.05, 0.1) is 38.6 Å². The van der Waals surface area contributed by atoms with E-state index < -0.39 is 0 Å². The summed E-state index contributed by atoms with van der Waals surface area (Å²) in [5.74, 6) is 0.970. The van der Waals surface area contributed by atoms with E-state index in [1.165, 1.54) is 21.3 Å². The lowest BCUT2D eigenvalue weighted by Gasteiger charge is -2.17. The fourth-order valence-electron chi connectivity index (χ4n) is 2.45. The van der Waals surface area contributed by atoms with Crippen LogP contribution in [0.4, 0.5) is 0 Å². The molecule has 2 rings (SSSR count). The normalized spacial score (nSPS) is 12.4. The van der Waals surface area contributed by atoms with E-state index in [1.54, 1.807) is 23.5 Å². The van der Waals surface area contributed by atoms with E-state index >= 15 is 0 Å². The number of carbonyl (C=O) groups excluding carboxylic acids is 1. The maximum Gasteiger partial charge on any atom is 0.255 e. The van der Waals surface area contributed by atoms with E-state index in [-0.39, 0.29) is 17.4 Å². The molecule has 0 saturated carbocycles. The first-order valence-corrected chi connectivity index (χ1v) is 9.16. The molecular weight excluding hydrogens is 352 g/mol. The van der Waals surface area contributed by atoms with E-state index in [0.29, 0.717) is 22.8 Å². The van der Waals surface area contributed by atoms with E-state index in [9.17, 15) is 4.79 Å². The van der Waals surface area contributed by atoms with Gasteiger partial charge in [0.15, 0.2) is 11.5 Å². The molecule has 26 heavy (non-hydrogen) atoms. The minimum absolute atomic E-state index is 0.0228. The van der Waals surface area contributed by atoms with Crippen LogP contribution in [0.3, 0.4) is 0 Å². The summed E-state index contributed by atoms with van der Waals surface area (Å²) in [7, 11) is 4.54. The maximum atomic E-state index is 12.8. The molecule has 1 heterocycles. The highest BCUT2D eigenvalue weighted by Gasteiger charge is 2.24. The highest BCUT2D eigenvalue weighted by molar-refractivity contribution is 7.09. The number of aromatic nitrogens is 1. The molecule has 0 aliphatic carbocycles. The second kappa shape index (κ2) is 7.95. The van der Waals surface area contributed by atoms with Crippen LogP contribution in [-0.2, 0) is 5.41 Å². The van der Waals surface area contributed by atoms with Gasteiger partial charge >= 0.3 is 0 Å². The Hall–Kier alpha value is -2.28. The molecule has 0 fully saturated rings. The summed E-state index contributed by atoms with van der Waals surface area (Å²) in [5.41, 5.74) is 1.37. The van der Waals surface area contributed by atoms with Crippen molar-refractivity contribution in [2.75, 3.05) is 21.3 Å². The van der Waals surface area contributed by atoms with Crippen molar-refractivity contribution in [1.29, 1.82) is 0 Å². The van der Waals surface area contributed by atoms with Crippen LogP contribution < -0.4 is 19.5 Å². The third-order valence-electron chi connectivity index (χ3n) is 3.96. The van der Waals surface area contributed by atoms with E-state index in [2.05, 4.69) is 31.1 Å². The molecule has 2 aromatic rings. The van der Waals surface area contributed by atoms with Gasteiger partial charge in [-0.25, -0.2) is 4.98 Å². The summed E-state index contributed by atoms with van der Waals surface area (Å²) in [6.07, 6.45) is 0. The van der Waals surface area contributed by atoms with Gasteiger partial charge in [-0.05, 0) is 19.1 Å². The van der Waals surface area contributed by atoms with Crippen LogP contribution >= 0.6 is 11.3 Å². The van der Waals surface area contributed by atoms with E-state index in [0.717, 1.165) is 10.7 Å². The molecule has 6 nitrogen and oxygen atoms in total. The molecule has 1 aromatic carbocycles. The Morgan fingerprint density at radius 1 is 1.12 bits per heavy atom. The van der Waals surface area contributed by atoms with Crippen molar-refractivity contribution in [2.45, 2.75) is 39.2 Å². The third kappa shape index (κ3) is 4.09. The molecule has 142 valence electrons. The third-order valence-corrected chi connectivity index (χ3v) is 4.98. The van der Waals surface area contributed by atoms with Crippen LogP contribution in [-0.4, -0.2) is 32.2 Å². The molecular formula is C19H26N2O4S. The Kier molecular flexibility index (Phi) is 6.13. The molecule has 0 radical (unpaired) electrons. The lowest BCUT2D eigenvalue weighted by Crippen LogP contribution is -2.27. The molecule has 1 aromatic heterocycles. The zero-order valence-electron chi connectivity index (χ0n) is 16.3. The van der Waals surface area contributed by atoms with Crippen molar-refractivity contribution >= 4 is 17.2 Å². The summed E-state index contributed by atoms with van der Waals surface area (Å²) in [5, 5.41) is 5.87. The van der Waals surface area contributed by atoms with E-state index in [1.807, 2.05) is 12.3 Å². The molecule has 1 N–H and O–H groups in total. The highest BCUT2D eigenvalue weighted by atomic mass is 32.1. The summed E-state index contributed by atoms with van der Waals surface area (Å²) in [6.45, 7) is 8.26. The Morgan fingerprint density at radius 3 is 2.27 bits per heavy atom. The first-order valence-electron chi connectivity index (χ1n) is 8.28. The number of rotatable bonds is 6. The average molecular weight is 378 g/mol. The van der Waals surface area contributed by atoms with Crippen molar-refractivity contribution < 1.29 is 19.0 Å². The van der Waals surface area contributed by atoms with Crippen LogP contribution in [0.5, 0.6) is 17.2 Å². The van der Waals surface area contributed by atoms with Crippen molar-refractivity contribution in [3.63, 3.8) is 0 Å². The van der Waals surface area contributed by atoms with Gasteiger partial charge < -0.3 is 19.5 Å². The second-order valence-electron chi connectivity index (χ2n) is 6.90. The number of nitrogens with one attached hydrogen (secondary N) is 1. The molecule has 0 bridgehead atoms. The molecule has 7 heteroatoms. The molecule has 1 amide bonds. The van der Waals surface area contributed by atoms with Gasteiger partial charge in [-0.3, -0.25) is 4.79 Å². The van der Waals surface area contributed by atoms with Gasteiger partial charge in [-0.15, -0.1) is 11.3 Å². The summed E-state index contributed by atoms with van der Waals surface area (Å²) in [6, 6.07) is 3.12. The van der Waals surface area contributed by atoms with Crippen LogP contribution in [0, 0.1) is 0 Å². The van der Waals surface area contributed by atoms with Crippen molar-refractivity contribution in [1.82, 2.24) is 10.3 Å². The zero-order chi connectivity index (χ0) is 19.5. The standard InChI is InChI=1S/C19H26N2O4S/c1-11(18-21-14(10-26-18)19(2,3)4)20-17(22)12-8-9-13(23-5)16(25-7)15(12)24-6/h8-11H,1-7H3,(H,20,22). The molecule has 1 atom stereocenters. The molecule has 0 saturated heterocycles. The molecule has 0 spiro atoms. The predicted octanol–water partition coefficient (Wildman–Crippen LogP) is 3.96. The Balaban J connectivity index is 2.25. The topological polar surface area (TPSA) is 69.7 Å². The van der Waals surface area contributed by atoms with Gasteiger partial charge in [-0.2, -0.15) is 0 Å². The summed E-state index contributed by atoms with van der Waals surface area (Å²) in [4.78, 5) is 17.4. The summed E-state index contributed by atoms with van der Waals surface area (Å²) < 4.78 is 16.0. The monoisotopic (exact) mass is 378 g/mol. The molecule has 0 aliphatic heterocycles. The number of carbonyl (C=O) groups is 1. The zero-order valence-corrected chi connectivity index (χ0v) is 17.1. The lowest BCUT2D eigenvalue weighted by molar-refractivity contribution is 0.0936. The van der Waals surface area contributed by atoms with Gasteiger partial charge in [-0.1, -0.05) is 20.8 Å². The van der Waals surface area contributed by atoms with Crippen LogP contribution in [0.15, 0.2) is 17.5 Å². The fourth-order valence-corrected chi connectivity index (χ4v) is 3.50. The Bertz CT molecular complexity index is 780. The predicted molar refractivity (Wildman–Crippen MR) is 103 cm³/mol. The Labute approximate surface area is 158 Å². The lowest BCUT2D eigenvalue weighted by atomic mass is 9.93. The van der Waals surface area contributed by atoms with Gasteiger partial charge in [0, 0.05) is 10.8 Å². The number of ether oxygens (including phenoxy) is 3. The Morgan fingerprint density at radius 2 is 1.77 bits per heavy atom. The van der Waals surface area contributed by atoms with Gasteiger partial charge in [0.1, 0.15) is 5.01 Å². The minimum Gasteiger partial charge on any atom is -0.493 e. The number of benzene rings is 1. The fraction of sp³-hybridized carbons (Fsp3) is 0.474. The number of methoxy groups -OCH3 is 3. The highest BCUT2D eigenvalue weighted by Crippen LogP contribution is 2.39. The van der Waals surface area contributed by atoms with Crippen LogP contribution in [0.1, 0.15) is 54.8 Å². The smallest absolute Gasteiger partial charge is 0.255 e. The number of hydrogen-bond acceptors (Lipinski definition) is 6.